The van der Waals surface area contributed by atoms with Crippen molar-refractivity contribution in [2.45, 2.75) is 16.7 Å². The van der Waals surface area contributed by atoms with Crippen LogP contribution in [0.4, 0.5) is 11.4 Å². The van der Waals surface area contributed by atoms with Gasteiger partial charge < -0.3 is 5.73 Å². The van der Waals surface area contributed by atoms with Crippen LogP contribution in [0.15, 0.2) is 50.7 Å². The molecule has 0 saturated heterocycles. The average Bonchev–Trinajstić information content (AvgIpc) is 2.36. The van der Waals surface area contributed by atoms with Gasteiger partial charge in [-0.15, -0.1) is 0 Å². The van der Waals surface area contributed by atoms with Crippen molar-refractivity contribution in [1.82, 2.24) is 0 Å². The summed E-state index contributed by atoms with van der Waals surface area (Å²) < 4.78 is 0.681. The minimum Gasteiger partial charge on any atom is -0.398 e. The van der Waals surface area contributed by atoms with Gasteiger partial charge in [-0.2, -0.15) is 0 Å². The molecule has 2 aromatic rings. The van der Waals surface area contributed by atoms with Gasteiger partial charge in [-0.3, -0.25) is 10.1 Å². The third-order valence-electron chi connectivity index (χ3n) is 2.62. The first-order valence-electron chi connectivity index (χ1n) is 5.46. The smallest absolute Gasteiger partial charge is 0.284 e. The van der Waals surface area contributed by atoms with Crippen molar-refractivity contribution in [2.24, 2.45) is 0 Å². The van der Waals surface area contributed by atoms with Crippen LogP contribution in [-0.2, 0) is 0 Å². The number of aryl methyl sites for hydroxylation is 1. The van der Waals surface area contributed by atoms with Crippen molar-refractivity contribution >= 4 is 39.1 Å². The average molecular weight is 339 g/mol. The summed E-state index contributed by atoms with van der Waals surface area (Å²) in [7, 11) is 0. The van der Waals surface area contributed by atoms with E-state index in [-0.39, 0.29) is 10.6 Å². The molecule has 19 heavy (non-hydrogen) atoms. The Morgan fingerprint density at radius 1 is 1.26 bits per heavy atom. The van der Waals surface area contributed by atoms with Crippen molar-refractivity contribution in [1.29, 1.82) is 0 Å². The number of nitrogen functional groups attached to an aromatic ring is 1. The van der Waals surface area contributed by atoms with E-state index in [1.165, 1.54) is 17.8 Å². The molecule has 2 aromatic carbocycles. The van der Waals surface area contributed by atoms with Gasteiger partial charge in [-0.1, -0.05) is 39.8 Å². The maximum atomic E-state index is 11.1. The van der Waals surface area contributed by atoms with E-state index in [9.17, 15) is 10.1 Å². The number of nitro benzene ring substituents is 1. The zero-order chi connectivity index (χ0) is 14.0. The van der Waals surface area contributed by atoms with Crippen LogP contribution in [0.3, 0.4) is 0 Å². The number of hydrogen-bond acceptors (Lipinski definition) is 4. The van der Waals surface area contributed by atoms with Crippen molar-refractivity contribution in [3.8, 4) is 0 Å². The molecule has 0 unspecified atom stereocenters. The number of halogens is 1. The highest BCUT2D eigenvalue weighted by Gasteiger charge is 2.16. The SMILES string of the molecule is Cc1cccc(Sc2ccc(Br)cc2[N+](=O)[O-])c1N. The van der Waals surface area contributed by atoms with Gasteiger partial charge in [0.15, 0.2) is 0 Å². The Bertz CT molecular complexity index is 647. The predicted octanol–water partition coefficient (Wildman–Crippen LogP) is 4.40. The molecule has 0 aliphatic carbocycles. The summed E-state index contributed by atoms with van der Waals surface area (Å²) in [5.41, 5.74) is 7.68. The second-order valence-electron chi connectivity index (χ2n) is 3.96. The summed E-state index contributed by atoms with van der Waals surface area (Å²) in [5.74, 6) is 0. The van der Waals surface area contributed by atoms with Gasteiger partial charge in [0.2, 0.25) is 0 Å². The third kappa shape index (κ3) is 3.08. The zero-order valence-corrected chi connectivity index (χ0v) is 12.5. The van der Waals surface area contributed by atoms with E-state index in [1.54, 1.807) is 12.1 Å². The molecule has 0 amide bonds. The molecular formula is C13H11BrN2O2S. The first-order valence-corrected chi connectivity index (χ1v) is 7.07. The molecular weight excluding hydrogens is 328 g/mol. The van der Waals surface area contributed by atoms with E-state index in [2.05, 4.69) is 15.9 Å². The van der Waals surface area contributed by atoms with Crippen molar-refractivity contribution in [2.75, 3.05) is 5.73 Å². The molecule has 0 fully saturated rings. The molecule has 0 bridgehead atoms. The van der Waals surface area contributed by atoms with Crippen LogP contribution >= 0.6 is 27.7 Å². The van der Waals surface area contributed by atoms with Crippen LogP contribution in [0.2, 0.25) is 0 Å². The fourth-order valence-electron chi connectivity index (χ4n) is 1.58. The molecule has 98 valence electrons. The summed E-state index contributed by atoms with van der Waals surface area (Å²) in [5, 5.41) is 11.1. The van der Waals surface area contributed by atoms with Gasteiger partial charge >= 0.3 is 0 Å². The lowest BCUT2D eigenvalue weighted by molar-refractivity contribution is -0.387. The highest BCUT2D eigenvalue weighted by atomic mass is 79.9. The molecule has 0 radical (unpaired) electrons. The van der Waals surface area contributed by atoms with Crippen molar-refractivity contribution < 1.29 is 4.92 Å². The number of nitrogens with two attached hydrogens (primary N) is 1. The lowest BCUT2D eigenvalue weighted by Gasteiger charge is -2.08. The van der Waals surface area contributed by atoms with Gasteiger partial charge in [0.05, 0.1) is 9.82 Å². The van der Waals surface area contributed by atoms with E-state index in [0.717, 1.165) is 10.5 Å². The maximum absolute atomic E-state index is 11.1. The Hall–Kier alpha value is -1.53. The Morgan fingerprint density at radius 3 is 2.68 bits per heavy atom. The summed E-state index contributed by atoms with van der Waals surface area (Å²) in [4.78, 5) is 12.1. The first kappa shape index (κ1) is 13.9. The second-order valence-corrected chi connectivity index (χ2v) is 5.96. The Balaban J connectivity index is 2.44. The van der Waals surface area contributed by atoms with Gasteiger partial charge in [-0.05, 0) is 30.7 Å². The first-order chi connectivity index (χ1) is 8.99. The number of hydrogen-bond donors (Lipinski definition) is 1. The maximum Gasteiger partial charge on any atom is 0.284 e. The van der Waals surface area contributed by atoms with Gasteiger partial charge in [0.1, 0.15) is 0 Å². The standard InChI is InChI=1S/C13H11BrN2O2S/c1-8-3-2-4-12(13(8)15)19-11-6-5-9(14)7-10(11)16(17)18/h2-7H,15H2,1H3. The van der Waals surface area contributed by atoms with Crippen LogP contribution in [0.25, 0.3) is 0 Å². The van der Waals surface area contributed by atoms with E-state index >= 15 is 0 Å². The topological polar surface area (TPSA) is 69.2 Å². The van der Waals surface area contributed by atoms with Crippen LogP contribution in [0, 0.1) is 17.0 Å². The monoisotopic (exact) mass is 338 g/mol. The highest BCUT2D eigenvalue weighted by molar-refractivity contribution is 9.10. The molecule has 2 N–H and O–H groups in total. The second kappa shape index (κ2) is 5.63. The Labute approximate surface area is 123 Å². The summed E-state index contributed by atoms with van der Waals surface area (Å²) >= 11 is 4.54. The number of rotatable bonds is 3. The summed E-state index contributed by atoms with van der Waals surface area (Å²) in [6.07, 6.45) is 0. The van der Waals surface area contributed by atoms with E-state index in [4.69, 9.17) is 5.73 Å². The molecule has 0 atom stereocenters. The summed E-state index contributed by atoms with van der Waals surface area (Å²) in [6, 6.07) is 10.6. The molecule has 0 aromatic heterocycles. The molecule has 2 rings (SSSR count). The number of benzene rings is 2. The Morgan fingerprint density at radius 2 is 2.00 bits per heavy atom. The third-order valence-corrected chi connectivity index (χ3v) is 4.26. The highest BCUT2D eigenvalue weighted by Crippen LogP contribution is 2.39. The molecule has 0 heterocycles. The lowest BCUT2D eigenvalue weighted by Crippen LogP contribution is -1.94. The van der Waals surface area contributed by atoms with E-state index in [0.29, 0.717) is 15.1 Å². The quantitative estimate of drug-likeness (QED) is 0.511. The van der Waals surface area contributed by atoms with Crippen LogP contribution in [-0.4, -0.2) is 4.92 Å². The van der Waals surface area contributed by atoms with Crippen molar-refractivity contribution in [3.05, 3.63) is 56.5 Å². The number of nitro groups is 1. The largest absolute Gasteiger partial charge is 0.398 e. The van der Waals surface area contributed by atoms with E-state index in [1.807, 2.05) is 25.1 Å². The minimum absolute atomic E-state index is 0.0697. The Kier molecular flexibility index (Phi) is 4.11. The zero-order valence-electron chi connectivity index (χ0n) is 10.1. The number of para-hydroxylation sites is 1. The van der Waals surface area contributed by atoms with Gasteiger partial charge in [0.25, 0.3) is 5.69 Å². The predicted molar refractivity (Wildman–Crippen MR) is 80.5 cm³/mol. The molecule has 0 spiro atoms. The van der Waals surface area contributed by atoms with Gasteiger partial charge in [-0.25, -0.2) is 0 Å². The number of anilines is 1. The fourth-order valence-corrected chi connectivity index (χ4v) is 2.96. The van der Waals surface area contributed by atoms with Crippen LogP contribution in [0.5, 0.6) is 0 Å². The molecule has 0 aliphatic heterocycles. The molecule has 4 nitrogen and oxygen atoms in total. The molecule has 6 heteroatoms. The van der Waals surface area contributed by atoms with E-state index < -0.39 is 0 Å². The number of nitrogens with zero attached hydrogens (tertiary/aromatic N) is 1. The fraction of sp³-hybridized carbons (Fsp3) is 0.0769. The normalized spacial score (nSPS) is 10.4. The van der Waals surface area contributed by atoms with Crippen molar-refractivity contribution in [3.63, 3.8) is 0 Å². The molecule has 0 saturated carbocycles. The summed E-state index contributed by atoms with van der Waals surface area (Å²) in [6.45, 7) is 1.91. The van der Waals surface area contributed by atoms with Gasteiger partial charge in [0, 0.05) is 21.1 Å². The lowest BCUT2D eigenvalue weighted by atomic mass is 10.2. The minimum atomic E-state index is -0.390. The van der Waals surface area contributed by atoms with Crippen LogP contribution < -0.4 is 5.73 Å². The van der Waals surface area contributed by atoms with Crippen LogP contribution in [0.1, 0.15) is 5.56 Å². The molecule has 0 aliphatic rings.